The highest BCUT2D eigenvalue weighted by atomic mass is 35.6. The zero-order valence-electron chi connectivity index (χ0n) is 14.9. The van der Waals surface area contributed by atoms with Gasteiger partial charge < -0.3 is 16.0 Å². The molecule has 0 heterocycles. The van der Waals surface area contributed by atoms with E-state index in [1.54, 1.807) is 30.3 Å². The van der Waals surface area contributed by atoms with Crippen LogP contribution >= 0.6 is 58.6 Å². The summed E-state index contributed by atoms with van der Waals surface area (Å²) < 4.78 is 36.7. The molecule has 0 saturated carbocycles. The van der Waals surface area contributed by atoms with E-state index in [9.17, 15) is 18.0 Å². The Kier molecular flexibility index (Phi) is 8.47. The van der Waals surface area contributed by atoms with Crippen LogP contribution in [0.5, 0.6) is 0 Å². The van der Waals surface area contributed by atoms with Gasteiger partial charge in [-0.2, -0.15) is 13.2 Å². The fourth-order valence-electron chi connectivity index (χ4n) is 2.28. The zero-order valence-corrected chi connectivity index (χ0v) is 18.7. The molecule has 0 bridgehead atoms. The summed E-state index contributed by atoms with van der Waals surface area (Å²) >= 11 is 28.7. The number of hydrogen-bond donors (Lipinski definition) is 3. The van der Waals surface area contributed by atoms with Gasteiger partial charge in [0.1, 0.15) is 6.17 Å². The third-order valence-electron chi connectivity index (χ3n) is 3.66. The van der Waals surface area contributed by atoms with E-state index in [1.165, 1.54) is 0 Å². The van der Waals surface area contributed by atoms with Crippen molar-refractivity contribution in [1.82, 2.24) is 10.6 Å². The van der Waals surface area contributed by atoms with Gasteiger partial charge in [-0.05, 0) is 36.0 Å². The van der Waals surface area contributed by atoms with Crippen LogP contribution in [0.25, 0.3) is 0 Å². The van der Waals surface area contributed by atoms with Gasteiger partial charge in [-0.3, -0.25) is 4.79 Å². The van der Waals surface area contributed by atoms with Crippen molar-refractivity contribution in [3.05, 3.63) is 64.7 Å². The van der Waals surface area contributed by atoms with Gasteiger partial charge in [0.2, 0.25) is 9.70 Å². The number of halogens is 7. The summed E-state index contributed by atoms with van der Waals surface area (Å²) in [5.41, 5.74) is -0.302. The normalized spacial score (nSPS) is 12.8. The van der Waals surface area contributed by atoms with Crippen LogP contribution in [-0.4, -0.2) is 21.0 Å². The molecule has 0 radical (unpaired) electrons. The van der Waals surface area contributed by atoms with E-state index >= 15 is 0 Å². The first-order chi connectivity index (χ1) is 13.9. The lowest BCUT2D eigenvalue weighted by Gasteiger charge is -2.28. The lowest BCUT2D eigenvalue weighted by Crippen LogP contribution is -2.56. The van der Waals surface area contributed by atoms with Gasteiger partial charge in [-0.25, -0.2) is 0 Å². The molecule has 0 aromatic heterocycles. The van der Waals surface area contributed by atoms with Crippen molar-refractivity contribution in [2.45, 2.75) is 22.6 Å². The van der Waals surface area contributed by atoms with Gasteiger partial charge >= 0.3 is 6.18 Å². The lowest BCUT2D eigenvalue weighted by atomic mass is 10.1. The van der Waals surface area contributed by atoms with Crippen LogP contribution in [0, 0.1) is 0 Å². The molecule has 4 nitrogen and oxygen atoms in total. The molecule has 0 aliphatic rings. The van der Waals surface area contributed by atoms with Crippen molar-refractivity contribution < 1.29 is 18.0 Å². The van der Waals surface area contributed by atoms with E-state index in [0.717, 1.165) is 23.8 Å². The van der Waals surface area contributed by atoms with E-state index in [4.69, 9.17) is 58.6 Å². The third kappa shape index (κ3) is 7.67. The average molecular weight is 519 g/mol. The Morgan fingerprint density at radius 3 is 2.23 bits per heavy atom. The van der Waals surface area contributed by atoms with E-state index in [2.05, 4.69) is 16.0 Å². The van der Waals surface area contributed by atoms with Crippen LogP contribution < -0.4 is 16.0 Å². The molecule has 0 aliphatic heterocycles. The number of carbonyl (C=O) groups excluding carboxylic acids is 1. The number of carbonyl (C=O) groups is 1. The van der Waals surface area contributed by atoms with Crippen molar-refractivity contribution >= 4 is 75.3 Å². The van der Waals surface area contributed by atoms with Crippen LogP contribution in [0.1, 0.15) is 11.1 Å². The highest BCUT2D eigenvalue weighted by Gasteiger charge is 2.35. The fraction of sp³-hybridized carbons (Fsp3) is 0.222. The summed E-state index contributed by atoms with van der Waals surface area (Å²) in [6, 6.07) is 11.5. The summed E-state index contributed by atoms with van der Waals surface area (Å²) in [7, 11) is 0. The summed E-state index contributed by atoms with van der Waals surface area (Å²) in [5.74, 6) is -0.468. The molecule has 0 aliphatic carbocycles. The standard InChI is InChI=1S/C18H14Cl4F3N3OS/c19-12-7-6-11(18(23,24)25)9-13(12)26-16(30)28-15(17(20,21)22)27-14(29)8-10-4-2-1-3-5-10/h1-7,9,15H,8H2,(H,27,29)(H2,26,28,30). The van der Waals surface area contributed by atoms with Crippen LogP contribution in [0.2, 0.25) is 5.02 Å². The molecule has 2 aromatic rings. The van der Waals surface area contributed by atoms with Gasteiger partial charge in [-0.1, -0.05) is 76.7 Å². The second-order valence-electron chi connectivity index (χ2n) is 6.00. The lowest BCUT2D eigenvalue weighted by molar-refractivity contribution is -0.137. The minimum Gasteiger partial charge on any atom is -0.339 e. The molecule has 162 valence electrons. The predicted octanol–water partition coefficient (Wildman–Crippen LogP) is 5.70. The largest absolute Gasteiger partial charge is 0.416 e. The number of hydrogen-bond acceptors (Lipinski definition) is 2. The van der Waals surface area contributed by atoms with Crippen LogP contribution in [0.3, 0.4) is 0 Å². The maximum atomic E-state index is 12.9. The zero-order chi connectivity index (χ0) is 22.5. The number of rotatable bonds is 5. The summed E-state index contributed by atoms with van der Waals surface area (Å²) in [4.78, 5) is 12.3. The number of nitrogens with one attached hydrogen (secondary N) is 3. The van der Waals surface area contributed by atoms with Gasteiger partial charge in [0.25, 0.3) is 0 Å². The first kappa shape index (κ1) is 24.8. The van der Waals surface area contributed by atoms with E-state index in [1.807, 2.05) is 0 Å². The molecule has 2 aromatic carbocycles. The first-order valence-electron chi connectivity index (χ1n) is 8.20. The van der Waals surface area contributed by atoms with E-state index < -0.39 is 27.6 Å². The molecule has 30 heavy (non-hydrogen) atoms. The van der Waals surface area contributed by atoms with E-state index in [-0.39, 0.29) is 22.2 Å². The fourth-order valence-corrected chi connectivity index (χ4v) is 3.00. The van der Waals surface area contributed by atoms with Crippen molar-refractivity contribution in [2.75, 3.05) is 5.32 Å². The number of amides is 1. The molecule has 12 heteroatoms. The first-order valence-corrected chi connectivity index (χ1v) is 10.1. The van der Waals surface area contributed by atoms with Crippen molar-refractivity contribution in [2.24, 2.45) is 0 Å². The van der Waals surface area contributed by atoms with Crippen molar-refractivity contribution in [3.8, 4) is 0 Å². The molecule has 0 saturated heterocycles. The molecule has 0 spiro atoms. The van der Waals surface area contributed by atoms with Crippen molar-refractivity contribution in [1.29, 1.82) is 0 Å². The monoisotopic (exact) mass is 517 g/mol. The molecule has 0 fully saturated rings. The predicted molar refractivity (Wildman–Crippen MR) is 118 cm³/mol. The Morgan fingerprint density at radius 1 is 1.03 bits per heavy atom. The second-order valence-corrected chi connectivity index (χ2v) is 9.18. The second kappa shape index (κ2) is 10.2. The molecule has 1 atom stereocenters. The maximum Gasteiger partial charge on any atom is 0.416 e. The molecule has 1 unspecified atom stereocenters. The highest BCUT2D eigenvalue weighted by molar-refractivity contribution is 7.80. The van der Waals surface area contributed by atoms with Gasteiger partial charge in [0, 0.05) is 0 Å². The SMILES string of the molecule is O=C(Cc1ccccc1)NC(NC(=S)Nc1cc(C(F)(F)F)ccc1Cl)C(Cl)(Cl)Cl. The topological polar surface area (TPSA) is 53.2 Å². The Hall–Kier alpha value is -1.45. The number of anilines is 1. The molecular formula is C18H14Cl4F3N3OS. The maximum absolute atomic E-state index is 12.9. The number of alkyl halides is 6. The Balaban J connectivity index is 2.08. The Bertz CT molecular complexity index is 908. The van der Waals surface area contributed by atoms with Gasteiger partial charge in [0.05, 0.1) is 22.7 Å². The smallest absolute Gasteiger partial charge is 0.339 e. The number of benzene rings is 2. The third-order valence-corrected chi connectivity index (χ3v) is 4.86. The molecule has 2 rings (SSSR count). The van der Waals surface area contributed by atoms with E-state index in [0.29, 0.717) is 0 Å². The van der Waals surface area contributed by atoms with Gasteiger partial charge in [-0.15, -0.1) is 0 Å². The summed E-state index contributed by atoms with van der Waals surface area (Å²) in [6.45, 7) is 0. The summed E-state index contributed by atoms with van der Waals surface area (Å²) in [5, 5.41) is 7.33. The van der Waals surface area contributed by atoms with Crippen LogP contribution in [0.4, 0.5) is 18.9 Å². The summed E-state index contributed by atoms with van der Waals surface area (Å²) in [6.07, 6.45) is -5.83. The van der Waals surface area contributed by atoms with Crippen LogP contribution in [-0.2, 0) is 17.4 Å². The molecular weight excluding hydrogens is 505 g/mol. The van der Waals surface area contributed by atoms with Crippen LogP contribution in [0.15, 0.2) is 48.5 Å². The number of thiocarbonyl (C=S) groups is 1. The minimum atomic E-state index is -4.57. The Labute approximate surface area is 196 Å². The van der Waals surface area contributed by atoms with Gasteiger partial charge in [0.15, 0.2) is 5.11 Å². The van der Waals surface area contributed by atoms with Crippen molar-refractivity contribution in [3.63, 3.8) is 0 Å². The molecule has 1 amide bonds. The minimum absolute atomic E-state index is 0.00861. The average Bonchev–Trinajstić information content (AvgIpc) is 2.62. The Morgan fingerprint density at radius 2 is 1.67 bits per heavy atom. The molecule has 3 N–H and O–H groups in total. The highest BCUT2D eigenvalue weighted by Crippen LogP contribution is 2.34. The quantitative estimate of drug-likeness (QED) is 0.270.